The molecule has 0 aromatic carbocycles. The number of carbonyl (C=O) groups excluding carboxylic acids is 5. The predicted octanol–water partition coefficient (Wildman–Crippen LogP) is 1.30. The van der Waals surface area contributed by atoms with E-state index < -0.39 is 52.5 Å². The molecule has 2 N–H and O–H groups in total. The lowest BCUT2D eigenvalue weighted by Gasteiger charge is -2.57. The number of ketones is 3. The third kappa shape index (κ3) is 2.83. The lowest BCUT2D eigenvalue weighted by Crippen LogP contribution is -2.61. The van der Waals surface area contributed by atoms with Crippen molar-refractivity contribution >= 4 is 29.3 Å². The molecule has 0 aromatic rings. The average Bonchev–Trinajstić information content (AvgIpc) is 3.05. The summed E-state index contributed by atoms with van der Waals surface area (Å²) in [5.41, 5.74) is -3.34. The van der Waals surface area contributed by atoms with E-state index >= 15 is 0 Å². The zero-order valence-electron chi connectivity index (χ0n) is 19.2. The van der Waals surface area contributed by atoms with Crippen molar-refractivity contribution in [3.8, 4) is 0 Å². The zero-order chi connectivity index (χ0) is 24.6. The molecule has 0 bridgehead atoms. The van der Waals surface area contributed by atoms with Gasteiger partial charge in [0.15, 0.2) is 11.5 Å². The number of esters is 2. The topological polar surface area (TPSA) is 144 Å². The van der Waals surface area contributed by atoms with Gasteiger partial charge in [0.05, 0.1) is 18.3 Å². The second-order valence-corrected chi connectivity index (χ2v) is 10.7. The molecular formula is C25H28O9. The maximum atomic E-state index is 13.8. The quantitative estimate of drug-likeness (QED) is 0.568. The molecule has 1 heterocycles. The Morgan fingerprint density at radius 2 is 1.74 bits per heavy atom. The third-order valence-electron chi connectivity index (χ3n) is 9.23. The van der Waals surface area contributed by atoms with Crippen molar-refractivity contribution < 1.29 is 43.7 Å². The number of hydrogen-bond donors (Lipinski definition) is 2. The maximum absolute atomic E-state index is 13.8. The summed E-state index contributed by atoms with van der Waals surface area (Å²) in [5, 5.41) is 20.8. The molecule has 0 radical (unpaired) electrons. The van der Waals surface area contributed by atoms with E-state index in [-0.39, 0.29) is 54.8 Å². The van der Waals surface area contributed by atoms with Gasteiger partial charge in [-0.05, 0) is 50.5 Å². The Morgan fingerprint density at radius 1 is 1.06 bits per heavy atom. The summed E-state index contributed by atoms with van der Waals surface area (Å²) < 4.78 is 10.9. The van der Waals surface area contributed by atoms with Gasteiger partial charge in [-0.1, -0.05) is 12.5 Å². The highest BCUT2D eigenvalue weighted by Crippen LogP contribution is 2.67. The molecular weight excluding hydrogens is 444 g/mol. The van der Waals surface area contributed by atoms with Gasteiger partial charge in [-0.2, -0.15) is 0 Å². The molecule has 0 spiro atoms. The van der Waals surface area contributed by atoms with Gasteiger partial charge in [-0.3, -0.25) is 24.0 Å². The molecule has 5 rings (SSSR count). The van der Waals surface area contributed by atoms with Crippen molar-refractivity contribution in [2.24, 2.45) is 28.6 Å². The molecule has 9 heteroatoms. The molecule has 6 atom stereocenters. The minimum atomic E-state index is -1.79. The minimum absolute atomic E-state index is 0.0839. The third-order valence-corrected chi connectivity index (χ3v) is 9.23. The fourth-order valence-electron chi connectivity index (χ4n) is 7.53. The first kappa shape index (κ1) is 23.1. The van der Waals surface area contributed by atoms with E-state index in [1.165, 1.54) is 6.08 Å². The van der Waals surface area contributed by atoms with Crippen LogP contribution >= 0.6 is 0 Å². The van der Waals surface area contributed by atoms with Crippen LogP contribution in [-0.2, 0) is 33.4 Å². The maximum Gasteiger partial charge on any atom is 0.312 e. The van der Waals surface area contributed by atoms with Crippen LogP contribution in [-0.4, -0.2) is 51.7 Å². The Morgan fingerprint density at radius 3 is 2.41 bits per heavy atom. The van der Waals surface area contributed by atoms with Crippen LogP contribution in [0.3, 0.4) is 0 Å². The first-order valence-electron chi connectivity index (χ1n) is 11.8. The van der Waals surface area contributed by atoms with Gasteiger partial charge in [0.25, 0.3) is 0 Å². The van der Waals surface area contributed by atoms with Crippen LogP contribution in [0.5, 0.6) is 0 Å². The van der Waals surface area contributed by atoms with Crippen LogP contribution < -0.4 is 0 Å². The predicted molar refractivity (Wildman–Crippen MR) is 113 cm³/mol. The fourth-order valence-corrected chi connectivity index (χ4v) is 7.53. The highest BCUT2D eigenvalue weighted by atomic mass is 16.6. The van der Waals surface area contributed by atoms with Crippen molar-refractivity contribution in [2.75, 3.05) is 6.61 Å². The Hall–Kier alpha value is -2.65. The number of rotatable bonds is 2. The Bertz CT molecular complexity index is 1100. The number of ether oxygens (including phenoxy) is 2. The van der Waals surface area contributed by atoms with Gasteiger partial charge in [0.2, 0.25) is 11.5 Å². The number of aliphatic hydroxyl groups is 2. The number of hydrogen-bond acceptors (Lipinski definition) is 9. The van der Waals surface area contributed by atoms with Crippen molar-refractivity contribution in [2.45, 2.75) is 64.4 Å². The standard InChI is InChI=1S/C25H28O9/c1-23-10-16(28)20-13(14(23)7-8-25(23,32)17(29)11-26)4-3-12-9-15(27)21-22(24(12,20)2)34-19(31)6-5-18(30)33-21/h9,13-14,20,26,32H,3-8,10-11H2,1-2H3/t13-,14-,20+,23-,24-,25-/m0/s1. The smallest absolute Gasteiger partial charge is 0.312 e. The number of carbonyl (C=O) groups is 5. The van der Waals surface area contributed by atoms with E-state index in [9.17, 15) is 34.2 Å². The summed E-state index contributed by atoms with van der Waals surface area (Å²) in [5.74, 6) is -4.40. The van der Waals surface area contributed by atoms with E-state index in [2.05, 4.69) is 0 Å². The van der Waals surface area contributed by atoms with Crippen LogP contribution in [0.1, 0.15) is 58.8 Å². The highest BCUT2D eigenvalue weighted by molar-refractivity contribution is 6.07. The van der Waals surface area contributed by atoms with Crippen LogP contribution in [0, 0.1) is 28.6 Å². The number of Topliss-reactive ketones (excluding diaryl/α,β-unsaturated/α-hetero) is 2. The lowest BCUT2D eigenvalue weighted by atomic mass is 9.46. The monoisotopic (exact) mass is 472 g/mol. The molecule has 3 saturated carbocycles. The molecule has 0 unspecified atom stereocenters. The van der Waals surface area contributed by atoms with Crippen LogP contribution in [0.4, 0.5) is 0 Å². The lowest BCUT2D eigenvalue weighted by molar-refractivity contribution is -0.171. The van der Waals surface area contributed by atoms with Gasteiger partial charge in [0, 0.05) is 17.8 Å². The molecule has 0 aromatic heterocycles. The fraction of sp³-hybridized carbons (Fsp3) is 0.640. The van der Waals surface area contributed by atoms with E-state index in [0.717, 1.165) is 0 Å². The first-order valence-corrected chi connectivity index (χ1v) is 11.8. The summed E-state index contributed by atoms with van der Waals surface area (Å²) >= 11 is 0. The van der Waals surface area contributed by atoms with Gasteiger partial charge in [-0.25, -0.2) is 0 Å². The molecule has 4 aliphatic carbocycles. The van der Waals surface area contributed by atoms with E-state index in [1.54, 1.807) is 13.8 Å². The molecule has 0 amide bonds. The van der Waals surface area contributed by atoms with E-state index in [0.29, 0.717) is 24.8 Å². The van der Waals surface area contributed by atoms with E-state index in [4.69, 9.17) is 9.47 Å². The summed E-state index contributed by atoms with van der Waals surface area (Å²) in [6, 6.07) is 0. The second-order valence-electron chi connectivity index (χ2n) is 10.7. The van der Waals surface area contributed by atoms with Gasteiger partial charge >= 0.3 is 11.9 Å². The molecule has 182 valence electrons. The zero-order valence-corrected chi connectivity index (χ0v) is 19.2. The van der Waals surface area contributed by atoms with Crippen molar-refractivity contribution in [3.63, 3.8) is 0 Å². The largest absolute Gasteiger partial charge is 0.426 e. The molecule has 34 heavy (non-hydrogen) atoms. The molecule has 3 fully saturated rings. The van der Waals surface area contributed by atoms with Gasteiger partial charge < -0.3 is 19.7 Å². The minimum Gasteiger partial charge on any atom is -0.426 e. The SMILES string of the molecule is C[C@@]12C(=CC(=O)C3=C1OC(=O)CCC(=O)O3)CC[C@@H]1[C@@H]2C(=O)C[C@@]2(C)[C@H]1CC[C@]2(O)C(=O)CO. The Labute approximate surface area is 196 Å². The average molecular weight is 472 g/mol. The summed E-state index contributed by atoms with van der Waals surface area (Å²) in [6.45, 7) is 2.69. The van der Waals surface area contributed by atoms with Gasteiger partial charge in [0.1, 0.15) is 18.0 Å². The summed E-state index contributed by atoms with van der Waals surface area (Å²) in [6.07, 6.45) is 2.57. The first-order chi connectivity index (χ1) is 16.0. The van der Waals surface area contributed by atoms with Gasteiger partial charge in [-0.15, -0.1) is 0 Å². The normalized spacial score (nSPS) is 41.8. The van der Waals surface area contributed by atoms with Crippen molar-refractivity contribution in [1.29, 1.82) is 0 Å². The van der Waals surface area contributed by atoms with Crippen LogP contribution in [0.25, 0.3) is 0 Å². The van der Waals surface area contributed by atoms with Crippen molar-refractivity contribution in [3.05, 3.63) is 23.2 Å². The second kappa shape index (κ2) is 7.42. The van der Waals surface area contributed by atoms with Crippen molar-refractivity contribution in [1.82, 2.24) is 0 Å². The highest BCUT2D eigenvalue weighted by Gasteiger charge is 2.69. The molecule has 5 aliphatic rings. The molecule has 9 nitrogen and oxygen atoms in total. The number of allylic oxidation sites excluding steroid dienone is 2. The molecule has 0 saturated heterocycles. The number of aliphatic hydroxyl groups excluding tert-OH is 1. The number of fused-ring (bicyclic) bond motifs is 6. The van der Waals surface area contributed by atoms with Crippen LogP contribution in [0.2, 0.25) is 0 Å². The Kier molecular flexibility index (Phi) is 5.04. The van der Waals surface area contributed by atoms with Crippen LogP contribution in [0.15, 0.2) is 23.2 Å². The Balaban J connectivity index is 1.63. The summed E-state index contributed by atoms with van der Waals surface area (Å²) in [4.78, 5) is 63.8. The summed E-state index contributed by atoms with van der Waals surface area (Å²) in [7, 11) is 0. The molecule has 1 aliphatic heterocycles. The van der Waals surface area contributed by atoms with E-state index in [1.807, 2.05) is 0 Å².